The van der Waals surface area contributed by atoms with Crippen molar-refractivity contribution < 1.29 is 24.2 Å². The normalized spacial score (nSPS) is 14.8. The molecule has 0 unspecified atom stereocenters. The van der Waals surface area contributed by atoms with Crippen LogP contribution in [0.4, 0.5) is 4.79 Å². The van der Waals surface area contributed by atoms with Crippen LogP contribution in [-0.2, 0) is 9.59 Å². The molecule has 0 spiro atoms. The number of nitrogens with zero attached hydrogens (tertiary/aromatic N) is 1. The number of amides is 3. The van der Waals surface area contributed by atoms with Crippen molar-refractivity contribution in [3.8, 4) is 5.75 Å². The van der Waals surface area contributed by atoms with E-state index in [1.807, 2.05) is 0 Å². The van der Waals surface area contributed by atoms with Gasteiger partial charge in [-0.1, -0.05) is 18.2 Å². The molecule has 0 saturated carbocycles. The maximum atomic E-state index is 11.5. The van der Waals surface area contributed by atoms with E-state index in [0.29, 0.717) is 5.75 Å². The second-order valence-corrected chi connectivity index (χ2v) is 3.19. The van der Waals surface area contributed by atoms with Gasteiger partial charge in [-0.05, 0) is 12.1 Å². The third-order valence-electron chi connectivity index (χ3n) is 2.05. The molecule has 1 aromatic carbocycles. The van der Waals surface area contributed by atoms with Crippen molar-refractivity contribution in [2.75, 3.05) is 0 Å². The Balaban J connectivity index is 2.20. The van der Waals surface area contributed by atoms with Crippen LogP contribution in [0.3, 0.4) is 0 Å². The third kappa shape index (κ3) is 2.00. The number of carboxylic acid groups (broad SMARTS) is 1. The van der Waals surface area contributed by atoms with Crippen LogP contribution in [0.1, 0.15) is 0 Å². The van der Waals surface area contributed by atoms with Gasteiger partial charge >= 0.3 is 12.0 Å². The van der Waals surface area contributed by atoms with E-state index in [-0.39, 0.29) is 10.7 Å². The fourth-order valence-corrected chi connectivity index (χ4v) is 1.32. The Morgan fingerprint density at radius 3 is 2.35 bits per heavy atom. The SMILES string of the molecule is O=C(O)N1C(=O)C=C(Oc2ccccc2)C1=O. The predicted octanol–water partition coefficient (Wildman–Crippen LogP) is 0.996. The summed E-state index contributed by atoms with van der Waals surface area (Å²) in [6.07, 6.45) is -0.772. The molecule has 1 aliphatic rings. The number of hydrogen-bond acceptors (Lipinski definition) is 4. The van der Waals surface area contributed by atoms with E-state index < -0.39 is 17.9 Å². The number of benzene rings is 1. The van der Waals surface area contributed by atoms with Crippen LogP contribution in [0.5, 0.6) is 5.75 Å². The summed E-state index contributed by atoms with van der Waals surface area (Å²) in [5, 5.41) is 8.63. The minimum Gasteiger partial charge on any atom is -0.464 e. The van der Waals surface area contributed by atoms with Gasteiger partial charge in [0.2, 0.25) is 0 Å². The Labute approximate surface area is 95.7 Å². The first kappa shape index (κ1) is 10.9. The number of rotatable bonds is 2. The van der Waals surface area contributed by atoms with E-state index >= 15 is 0 Å². The average molecular weight is 233 g/mol. The van der Waals surface area contributed by atoms with Crippen LogP contribution >= 0.6 is 0 Å². The first-order valence-corrected chi connectivity index (χ1v) is 4.65. The van der Waals surface area contributed by atoms with Crippen LogP contribution in [0.15, 0.2) is 42.2 Å². The number of imide groups is 3. The molecule has 6 heteroatoms. The van der Waals surface area contributed by atoms with Crippen LogP contribution in [0.2, 0.25) is 0 Å². The molecule has 2 rings (SSSR count). The first-order valence-electron chi connectivity index (χ1n) is 4.65. The maximum absolute atomic E-state index is 11.5. The van der Waals surface area contributed by atoms with Gasteiger partial charge in [-0.2, -0.15) is 4.90 Å². The molecular formula is C11H7NO5. The standard InChI is InChI=1S/C11H7NO5/c13-9-6-8(10(14)12(9)11(15)16)17-7-4-2-1-3-5-7/h1-6H,(H,15,16). The summed E-state index contributed by atoms with van der Waals surface area (Å²) in [6, 6.07) is 8.30. The van der Waals surface area contributed by atoms with Gasteiger partial charge in [0, 0.05) is 0 Å². The lowest BCUT2D eigenvalue weighted by Gasteiger charge is -2.08. The molecule has 1 aliphatic heterocycles. The Morgan fingerprint density at radius 2 is 1.82 bits per heavy atom. The van der Waals surface area contributed by atoms with Crippen molar-refractivity contribution in [1.29, 1.82) is 0 Å². The molecule has 0 radical (unpaired) electrons. The second-order valence-electron chi connectivity index (χ2n) is 3.19. The zero-order valence-corrected chi connectivity index (χ0v) is 8.49. The number of carbonyl (C=O) groups is 3. The lowest BCUT2D eigenvalue weighted by atomic mass is 10.3. The number of ether oxygens (including phenoxy) is 1. The minimum absolute atomic E-state index is 0.0955. The highest BCUT2D eigenvalue weighted by Crippen LogP contribution is 2.18. The van der Waals surface area contributed by atoms with E-state index in [9.17, 15) is 14.4 Å². The van der Waals surface area contributed by atoms with Gasteiger partial charge in [0.25, 0.3) is 5.91 Å². The molecule has 1 heterocycles. The molecule has 0 bridgehead atoms. The van der Waals surface area contributed by atoms with E-state index in [1.54, 1.807) is 30.3 Å². The van der Waals surface area contributed by atoms with Gasteiger partial charge < -0.3 is 9.84 Å². The van der Waals surface area contributed by atoms with Crippen molar-refractivity contribution in [3.05, 3.63) is 42.2 Å². The van der Waals surface area contributed by atoms with Gasteiger partial charge in [0.1, 0.15) is 5.75 Å². The molecule has 1 aromatic rings. The van der Waals surface area contributed by atoms with Gasteiger partial charge in [0.15, 0.2) is 5.76 Å². The molecular weight excluding hydrogens is 226 g/mol. The van der Waals surface area contributed by atoms with Crippen LogP contribution in [0, 0.1) is 0 Å². The zero-order valence-electron chi connectivity index (χ0n) is 8.49. The van der Waals surface area contributed by atoms with Crippen LogP contribution in [0.25, 0.3) is 0 Å². The van der Waals surface area contributed by atoms with Crippen molar-refractivity contribution in [2.45, 2.75) is 0 Å². The largest absolute Gasteiger partial charge is 0.464 e. The summed E-state index contributed by atoms with van der Waals surface area (Å²) < 4.78 is 5.12. The summed E-state index contributed by atoms with van der Waals surface area (Å²) in [5.74, 6) is -1.85. The molecule has 6 nitrogen and oxygen atoms in total. The number of hydrogen-bond donors (Lipinski definition) is 1. The highest BCUT2D eigenvalue weighted by molar-refractivity contribution is 6.22. The summed E-state index contributed by atoms with van der Waals surface area (Å²) in [4.78, 5) is 33.4. The Hall–Kier alpha value is -2.63. The summed E-state index contributed by atoms with van der Waals surface area (Å²) in [5.41, 5.74) is 0. The zero-order chi connectivity index (χ0) is 12.4. The lowest BCUT2D eigenvalue weighted by Crippen LogP contribution is -2.36. The predicted molar refractivity (Wildman–Crippen MR) is 55.0 cm³/mol. The quantitative estimate of drug-likeness (QED) is 0.770. The Morgan fingerprint density at radius 1 is 1.18 bits per heavy atom. The van der Waals surface area contributed by atoms with Gasteiger partial charge in [0.05, 0.1) is 6.08 Å². The summed E-state index contributed by atoms with van der Waals surface area (Å²) in [7, 11) is 0. The smallest absolute Gasteiger partial charge is 0.421 e. The molecule has 0 saturated heterocycles. The lowest BCUT2D eigenvalue weighted by molar-refractivity contribution is -0.135. The van der Waals surface area contributed by atoms with Gasteiger partial charge in [-0.3, -0.25) is 9.59 Å². The Bertz CT molecular complexity index is 520. The summed E-state index contributed by atoms with van der Waals surface area (Å²) in [6.45, 7) is 0. The average Bonchev–Trinajstić information content (AvgIpc) is 2.55. The topological polar surface area (TPSA) is 83.9 Å². The number of carbonyl (C=O) groups excluding carboxylic acids is 2. The number of para-hydroxylation sites is 1. The van der Waals surface area contributed by atoms with Crippen LogP contribution < -0.4 is 4.74 Å². The third-order valence-corrected chi connectivity index (χ3v) is 2.05. The first-order chi connectivity index (χ1) is 8.09. The van der Waals surface area contributed by atoms with Crippen LogP contribution in [-0.4, -0.2) is 27.9 Å². The fraction of sp³-hybridized carbons (Fsp3) is 0. The summed E-state index contributed by atoms with van der Waals surface area (Å²) >= 11 is 0. The highest BCUT2D eigenvalue weighted by atomic mass is 16.5. The van der Waals surface area contributed by atoms with Crippen molar-refractivity contribution in [2.24, 2.45) is 0 Å². The van der Waals surface area contributed by atoms with E-state index in [0.717, 1.165) is 6.08 Å². The fourth-order valence-electron chi connectivity index (χ4n) is 1.32. The second kappa shape index (κ2) is 4.09. The molecule has 0 aromatic heterocycles. The van der Waals surface area contributed by atoms with Crippen molar-refractivity contribution in [1.82, 2.24) is 4.90 Å². The monoisotopic (exact) mass is 233 g/mol. The van der Waals surface area contributed by atoms with Crippen molar-refractivity contribution in [3.63, 3.8) is 0 Å². The van der Waals surface area contributed by atoms with Gasteiger partial charge in [-0.15, -0.1) is 0 Å². The van der Waals surface area contributed by atoms with E-state index in [2.05, 4.69) is 0 Å². The molecule has 1 N–H and O–H groups in total. The molecule has 0 aliphatic carbocycles. The van der Waals surface area contributed by atoms with Crippen molar-refractivity contribution >= 4 is 17.9 Å². The molecule has 3 amide bonds. The molecule has 0 fully saturated rings. The van der Waals surface area contributed by atoms with E-state index in [1.165, 1.54) is 0 Å². The highest BCUT2D eigenvalue weighted by Gasteiger charge is 2.37. The van der Waals surface area contributed by atoms with E-state index in [4.69, 9.17) is 9.84 Å². The maximum Gasteiger partial charge on any atom is 0.421 e. The molecule has 17 heavy (non-hydrogen) atoms. The Kier molecular flexibility index (Phi) is 2.61. The molecule has 86 valence electrons. The minimum atomic E-state index is -1.62. The molecule has 0 atom stereocenters. The van der Waals surface area contributed by atoms with Gasteiger partial charge in [-0.25, -0.2) is 4.79 Å².